The standard InChI is InChI=1S/C17H18F3NO4S/c1-13-6-4-7-14(12-13)24-11-5-10-21-26(22,23)16-9-3-2-8-15(16)25-17(18,19)20/h2-4,6-9,12,21H,5,10-11H2,1H3. The van der Waals surface area contributed by atoms with Gasteiger partial charge in [-0.2, -0.15) is 0 Å². The lowest BCUT2D eigenvalue weighted by Gasteiger charge is -2.14. The summed E-state index contributed by atoms with van der Waals surface area (Å²) in [5.74, 6) is -0.111. The van der Waals surface area contributed by atoms with Crippen LogP contribution in [-0.2, 0) is 10.0 Å². The van der Waals surface area contributed by atoms with E-state index in [1.54, 1.807) is 6.07 Å². The number of para-hydroxylation sites is 1. The fraction of sp³-hybridized carbons (Fsp3) is 0.294. The van der Waals surface area contributed by atoms with Gasteiger partial charge in [0.25, 0.3) is 0 Å². The van der Waals surface area contributed by atoms with Crippen LogP contribution in [0.2, 0.25) is 0 Å². The molecule has 0 amide bonds. The average Bonchev–Trinajstić information content (AvgIpc) is 2.53. The molecule has 142 valence electrons. The Bertz CT molecular complexity index is 838. The number of aryl methyl sites for hydroxylation is 1. The molecule has 0 saturated heterocycles. The van der Waals surface area contributed by atoms with Crippen molar-refractivity contribution in [1.82, 2.24) is 4.72 Å². The Labute approximate surface area is 149 Å². The van der Waals surface area contributed by atoms with Crippen LogP contribution < -0.4 is 14.2 Å². The zero-order valence-electron chi connectivity index (χ0n) is 13.9. The third-order valence-electron chi connectivity index (χ3n) is 3.24. The van der Waals surface area contributed by atoms with Crippen molar-refractivity contribution >= 4 is 10.0 Å². The third kappa shape index (κ3) is 6.23. The molecule has 5 nitrogen and oxygen atoms in total. The van der Waals surface area contributed by atoms with Crippen molar-refractivity contribution in [1.29, 1.82) is 0 Å². The predicted octanol–water partition coefficient (Wildman–Crippen LogP) is 3.64. The number of halogens is 3. The van der Waals surface area contributed by atoms with Crippen LogP contribution in [0.3, 0.4) is 0 Å². The predicted molar refractivity (Wildman–Crippen MR) is 89.6 cm³/mol. The van der Waals surface area contributed by atoms with Crippen molar-refractivity contribution in [2.75, 3.05) is 13.2 Å². The van der Waals surface area contributed by atoms with E-state index in [0.717, 1.165) is 17.7 Å². The van der Waals surface area contributed by atoms with Gasteiger partial charge in [-0.1, -0.05) is 24.3 Å². The van der Waals surface area contributed by atoms with E-state index in [0.29, 0.717) is 12.2 Å². The Hall–Kier alpha value is -2.26. The number of benzene rings is 2. The Morgan fingerprint density at radius 2 is 1.81 bits per heavy atom. The highest BCUT2D eigenvalue weighted by molar-refractivity contribution is 7.89. The number of sulfonamides is 1. The maximum absolute atomic E-state index is 12.4. The minimum Gasteiger partial charge on any atom is -0.494 e. The molecule has 0 aromatic heterocycles. The van der Waals surface area contributed by atoms with E-state index in [-0.39, 0.29) is 13.2 Å². The number of alkyl halides is 3. The van der Waals surface area contributed by atoms with Crippen LogP contribution >= 0.6 is 0 Å². The van der Waals surface area contributed by atoms with Crippen LogP contribution in [0, 0.1) is 6.92 Å². The molecule has 0 bridgehead atoms. The Morgan fingerprint density at radius 1 is 1.08 bits per heavy atom. The summed E-state index contributed by atoms with van der Waals surface area (Å²) in [5.41, 5.74) is 1.03. The topological polar surface area (TPSA) is 64.6 Å². The number of ether oxygens (including phenoxy) is 2. The van der Waals surface area contributed by atoms with Gasteiger partial charge in [-0.05, 0) is 43.2 Å². The van der Waals surface area contributed by atoms with Gasteiger partial charge in [0, 0.05) is 6.54 Å². The molecular formula is C17H18F3NO4S. The minimum atomic E-state index is -4.98. The monoisotopic (exact) mass is 389 g/mol. The van der Waals surface area contributed by atoms with Crippen molar-refractivity contribution in [3.8, 4) is 11.5 Å². The Balaban J connectivity index is 1.91. The van der Waals surface area contributed by atoms with Crippen molar-refractivity contribution in [3.63, 3.8) is 0 Å². The van der Waals surface area contributed by atoms with Crippen LogP contribution in [0.4, 0.5) is 13.2 Å². The van der Waals surface area contributed by atoms with Gasteiger partial charge in [-0.25, -0.2) is 13.1 Å². The molecule has 1 N–H and O–H groups in total. The highest BCUT2D eigenvalue weighted by Crippen LogP contribution is 2.29. The first-order valence-electron chi connectivity index (χ1n) is 7.71. The van der Waals surface area contributed by atoms with Crippen molar-refractivity contribution in [3.05, 3.63) is 54.1 Å². The normalized spacial score (nSPS) is 12.0. The summed E-state index contributed by atoms with van der Waals surface area (Å²) in [4.78, 5) is -0.572. The molecule has 0 aliphatic heterocycles. The molecule has 26 heavy (non-hydrogen) atoms. The van der Waals surface area contributed by atoms with Gasteiger partial charge >= 0.3 is 6.36 Å². The smallest absolute Gasteiger partial charge is 0.494 e. The van der Waals surface area contributed by atoms with Gasteiger partial charge in [0.2, 0.25) is 10.0 Å². The molecule has 9 heteroatoms. The molecule has 2 aromatic carbocycles. The van der Waals surface area contributed by atoms with E-state index in [4.69, 9.17) is 4.74 Å². The second kappa shape index (κ2) is 8.41. The lowest BCUT2D eigenvalue weighted by atomic mass is 10.2. The zero-order valence-corrected chi connectivity index (χ0v) is 14.7. The van der Waals surface area contributed by atoms with E-state index in [9.17, 15) is 21.6 Å². The second-order valence-electron chi connectivity index (χ2n) is 5.41. The van der Waals surface area contributed by atoms with E-state index in [1.807, 2.05) is 25.1 Å². The fourth-order valence-electron chi connectivity index (χ4n) is 2.13. The SMILES string of the molecule is Cc1cccc(OCCCNS(=O)(=O)c2ccccc2OC(F)(F)F)c1. The number of rotatable bonds is 8. The molecule has 0 atom stereocenters. The number of hydrogen-bond acceptors (Lipinski definition) is 4. The summed E-state index contributed by atoms with van der Waals surface area (Å²) in [6.45, 7) is 2.18. The van der Waals surface area contributed by atoms with Gasteiger partial charge in [-0.3, -0.25) is 0 Å². The summed E-state index contributed by atoms with van der Waals surface area (Å²) in [6.07, 6.45) is -4.64. The van der Waals surface area contributed by atoms with Gasteiger partial charge < -0.3 is 9.47 Å². The lowest BCUT2D eigenvalue weighted by molar-refractivity contribution is -0.275. The van der Waals surface area contributed by atoms with Crippen molar-refractivity contribution in [2.24, 2.45) is 0 Å². The lowest BCUT2D eigenvalue weighted by Crippen LogP contribution is -2.27. The molecule has 0 spiro atoms. The maximum atomic E-state index is 12.4. The zero-order chi connectivity index (χ0) is 19.2. The molecule has 0 aliphatic carbocycles. The molecule has 0 saturated carbocycles. The first kappa shape index (κ1) is 20.1. The molecule has 0 heterocycles. The first-order chi connectivity index (χ1) is 12.2. The average molecular weight is 389 g/mol. The highest BCUT2D eigenvalue weighted by Gasteiger charge is 2.33. The van der Waals surface area contributed by atoms with E-state index in [1.165, 1.54) is 12.1 Å². The second-order valence-corrected chi connectivity index (χ2v) is 7.15. The molecule has 0 fully saturated rings. The summed E-state index contributed by atoms with van der Waals surface area (Å²) in [6, 6.07) is 12.0. The van der Waals surface area contributed by atoms with Crippen LogP contribution in [0.25, 0.3) is 0 Å². The summed E-state index contributed by atoms with van der Waals surface area (Å²) in [5, 5.41) is 0. The molecular weight excluding hydrogens is 371 g/mol. The largest absolute Gasteiger partial charge is 0.573 e. The molecule has 0 radical (unpaired) electrons. The highest BCUT2D eigenvalue weighted by atomic mass is 32.2. The van der Waals surface area contributed by atoms with E-state index in [2.05, 4.69) is 9.46 Å². The summed E-state index contributed by atoms with van der Waals surface area (Å²) in [7, 11) is -4.15. The fourth-order valence-corrected chi connectivity index (χ4v) is 3.33. The summed E-state index contributed by atoms with van der Waals surface area (Å²) >= 11 is 0. The number of nitrogens with one attached hydrogen (secondary N) is 1. The maximum Gasteiger partial charge on any atom is 0.573 e. The van der Waals surface area contributed by atoms with Crippen LogP contribution in [0.15, 0.2) is 53.4 Å². The first-order valence-corrected chi connectivity index (χ1v) is 9.20. The van der Waals surface area contributed by atoms with Gasteiger partial charge in [0.15, 0.2) is 0 Å². The molecule has 0 unspecified atom stereocenters. The van der Waals surface area contributed by atoms with Crippen molar-refractivity contribution in [2.45, 2.75) is 24.6 Å². The van der Waals surface area contributed by atoms with Crippen LogP contribution in [0.5, 0.6) is 11.5 Å². The van der Waals surface area contributed by atoms with Crippen LogP contribution in [-0.4, -0.2) is 27.9 Å². The van der Waals surface area contributed by atoms with Gasteiger partial charge in [0.05, 0.1) is 6.61 Å². The number of hydrogen-bond donors (Lipinski definition) is 1. The van der Waals surface area contributed by atoms with Gasteiger partial charge in [0.1, 0.15) is 16.4 Å². The van der Waals surface area contributed by atoms with E-state index < -0.39 is 27.0 Å². The summed E-state index contributed by atoms with van der Waals surface area (Å²) < 4.78 is 73.1. The van der Waals surface area contributed by atoms with Crippen LogP contribution in [0.1, 0.15) is 12.0 Å². The minimum absolute atomic E-state index is 0.00843. The molecule has 2 aromatic rings. The molecule has 2 rings (SSSR count). The van der Waals surface area contributed by atoms with E-state index >= 15 is 0 Å². The van der Waals surface area contributed by atoms with Crippen molar-refractivity contribution < 1.29 is 31.1 Å². The Morgan fingerprint density at radius 3 is 2.50 bits per heavy atom. The Kier molecular flexibility index (Phi) is 6.49. The molecule has 0 aliphatic rings. The third-order valence-corrected chi connectivity index (χ3v) is 4.74. The quantitative estimate of drug-likeness (QED) is 0.700. The van der Waals surface area contributed by atoms with Gasteiger partial charge in [-0.15, -0.1) is 13.2 Å².